The van der Waals surface area contributed by atoms with Gasteiger partial charge in [-0.2, -0.15) is 0 Å². The Kier molecular flexibility index (Phi) is 8.17. The SMILES string of the molecule is c1ccc(-c2nc(-c3ccccc3)nc(-c3ccc4c5ccccc5c5ccc(-n6c7ccccc7c7cc(-n8c9ccccc9c9cc%10sc%11ccccc%11c%10cc98)ccc76)cc5c4c3)n2)cc1. The van der Waals surface area contributed by atoms with Crippen LogP contribution in [-0.2, 0) is 0 Å². The second-order valence-corrected chi connectivity index (χ2v) is 19.0. The Morgan fingerprint density at radius 2 is 0.696 bits per heavy atom. The molecule has 69 heavy (non-hydrogen) atoms. The summed E-state index contributed by atoms with van der Waals surface area (Å²) in [4.78, 5) is 15.2. The molecule has 0 atom stereocenters. The molecule has 4 heterocycles. The summed E-state index contributed by atoms with van der Waals surface area (Å²) in [6, 6.07) is 81.1. The van der Waals surface area contributed by atoms with Crippen molar-refractivity contribution in [1.29, 1.82) is 0 Å². The van der Waals surface area contributed by atoms with Gasteiger partial charge in [-0.25, -0.2) is 15.0 Å². The van der Waals surface area contributed by atoms with Crippen LogP contribution in [0.2, 0.25) is 0 Å². The molecule has 0 N–H and O–H groups in total. The number of hydrogen-bond acceptors (Lipinski definition) is 4. The van der Waals surface area contributed by atoms with E-state index in [-0.39, 0.29) is 0 Å². The molecule has 0 aliphatic rings. The molecular weight excluding hydrogens is 859 g/mol. The Labute approximate surface area is 399 Å². The van der Waals surface area contributed by atoms with Crippen molar-refractivity contribution in [2.75, 3.05) is 0 Å². The van der Waals surface area contributed by atoms with Crippen LogP contribution in [0.4, 0.5) is 0 Å². The number of benzene rings is 11. The molecule has 6 heteroatoms. The lowest BCUT2D eigenvalue weighted by Gasteiger charge is -2.15. The molecular formula is C63H37N5S. The molecule has 0 amide bonds. The highest BCUT2D eigenvalue weighted by Crippen LogP contribution is 2.43. The number of fused-ring (bicyclic) bond motifs is 15. The van der Waals surface area contributed by atoms with Gasteiger partial charge in [-0.1, -0.05) is 158 Å². The van der Waals surface area contributed by atoms with Gasteiger partial charge >= 0.3 is 0 Å². The van der Waals surface area contributed by atoms with Crippen molar-refractivity contribution in [3.05, 3.63) is 224 Å². The van der Waals surface area contributed by atoms with Crippen molar-refractivity contribution < 1.29 is 0 Å². The monoisotopic (exact) mass is 895 g/mol. The van der Waals surface area contributed by atoms with Crippen molar-refractivity contribution >= 4 is 107 Å². The first-order valence-electron chi connectivity index (χ1n) is 23.3. The van der Waals surface area contributed by atoms with E-state index in [1.807, 2.05) is 47.7 Å². The fourth-order valence-corrected chi connectivity index (χ4v) is 12.1. The summed E-state index contributed by atoms with van der Waals surface area (Å²) in [5.74, 6) is 1.93. The van der Waals surface area contributed by atoms with Crippen molar-refractivity contribution in [3.63, 3.8) is 0 Å². The van der Waals surface area contributed by atoms with Gasteiger partial charge in [-0.05, 0) is 99.0 Å². The lowest BCUT2D eigenvalue weighted by Crippen LogP contribution is -2.00. The third-order valence-electron chi connectivity index (χ3n) is 14.1. The second-order valence-electron chi connectivity index (χ2n) is 17.9. The molecule has 0 spiro atoms. The molecule has 0 aliphatic carbocycles. The first-order chi connectivity index (χ1) is 34.2. The Bertz CT molecular complexity index is 4540. The van der Waals surface area contributed by atoms with Crippen molar-refractivity contribution in [2.45, 2.75) is 0 Å². The van der Waals surface area contributed by atoms with Crippen LogP contribution in [-0.4, -0.2) is 24.1 Å². The van der Waals surface area contributed by atoms with E-state index in [4.69, 9.17) is 15.0 Å². The fraction of sp³-hybridized carbons (Fsp3) is 0. The average molecular weight is 896 g/mol. The summed E-state index contributed by atoms with van der Waals surface area (Å²) in [5.41, 5.74) is 9.81. The zero-order valence-corrected chi connectivity index (χ0v) is 37.8. The second kappa shape index (κ2) is 14.8. The van der Waals surface area contributed by atoms with Crippen LogP contribution < -0.4 is 0 Å². The number of hydrogen-bond donors (Lipinski definition) is 0. The highest BCUT2D eigenvalue weighted by Gasteiger charge is 2.20. The van der Waals surface area contributed by atoms with E-state index in [1.165, 1.54) is 79.7 Å². The van der Waals surface area contributed by atoms with Crippen molar-refractivity contribution in [2.24, 2.45) is 0 Å². The maximum absolute atomic E-state index is 5.13. The standard InChI is InChI=1S/C63H37N5S/c1-3-15-38(16-4-1)61-64-62(39-17-5-2-6-18-39)66-63(65-61)40-27-30-45-43-19-7-8-20-44(43)46-31-28-41(34-51(46)50(45)33-40)67-55-24-12-9-21-47(55)52-35-42(29-32-57(52)67)68-56-25-13-10-22-48(56)53-37-60-54(36-58(53)68)49-23-11-14-26-59(49)69-60/h1-37H. The number of aromatic nitrogens is 5. The molecule has 11 aromatic carbocycles. The molecule has 15 rings (SSSR count). The molecule has 320 valence electrons. The van der Waals surface area contributed by atoms with Crippen LogP contribution in [0.3, 0.4) is 0 Å². The first kappa shape index (κ1) is 38.2. The summed E-state index contributed by atoms with van der Waals surface area (Å²) < 4.78 is 7.54. The van der Waals surface area contributed by atoms with E-state index in [0.29, 0.717) is 17.5 Å². The average Bonchev–Trinajstić information content (AvgIpc) is 4.07. The minimum absolute atomic E-state index is 0.636. The third kappa shape index (κ3) is 5.79. The molecule has 0 unspecified atom stereocenters. The van der Waals surface area contributed by atoms with E-state index in [9.17, 15) is 0 Å². The summed E-state index contributed by atoms with van der Waals surface area (Å²) in [6.45, 7) is 0. The van der Waals surface area contributed by atoms with E-state index in [1.54, 1.807) is 0 Å². The van der Waals surface area contributed by atoms with Crippen LogP contribution >= 0.6 is 11.3 Å². The topological polar surface area (TPSA) is 48.5 Å². The van der Waals surface area contributed by atoms with Crippen LogP contribution in [0, 0.1) is 0 Å². The summed E-state index contributed by atoms with van der Waals surface area (Å²) in [6.07, 6.45) is 0. The molecule has 0 aliphatic heterocycles. The normalized spacial score (nSPS) is 12.1. The predicted octanol–water partition coefficient (Wildman–Crippen LogP) is 16.9. The number of rotatable bonds is 5. The lowest BCUT2D eigenvalue weighted by molar-refractivity contribution is 1.07. The minimum Gasteiger partial charge on any atom is -0.309 e. The summed E-state index contributed by atoms with van der Waals surface area (Å²) in [5, 5.41) is 14.7. The molecule has 0 bridgehead atoms. The highest BCUT2D eigenvalue weighted by atomic mass is 32.1. The zero-order chi connectivity index (χ0) is 45.2. The van der Waals surface area contributed by atoms with Gasteiger partial charge in [0.25, 0.3) is 0 Å². The minimum atomic E-state index is 0.636. The third-order valence-corrected chi connectivity index (χ3v) is 15.3. The van der Waals surface area contributed by atoms with E-state index >= 15 is 0 Å². The van der Waals surface area contributed by atoms with Crippen LogP contribution in [0.1, 0.15) is 0 Å². The van der Waals surface area contributed by atoms with Gasteiger partial charge < -0.3 is 9.13 Å². The highest BCUT2D eigenvalue weighted by molar-refractivity contribution is 7.25. The van der Waals surface area contributed by atoms with Crippen molar-refractivity contribution in [1.82, 2.24) is 24.1 Å². The van der Waals surface area contributed by atoms with Gasteiger partial charge in [0.2, 0.25) is 0 Å². The Hall–Kier alpha value is -8.97. The Morgan fingerprint density at radius 1 is 0.246 bits per heavy atom. The zero-order valence-electron chi connectivity index (χ0n) is 37.0. The first-order valence-corrected chi connectivity index (χ1v) is 24.2. The predicted molar refractivity (Wildman–Crippen MR) is 290 cm³/mol. The van der Waals surface area contributed by atoms with Gasteiger partial charge in [-0.3, -0.25) is 0 Å². The van der Waals surface area contributed by atoms with E-state index in [0.717, 1.165) is 44.5 Å². The molecule has 0 saturated heterocycles. The van der Waals surface area contributed by atoms with Gasteiger partial charge in [-0.15, -0.1) is 11.3 Å². The van der Waals surface area contributed by atoms with Crippen molar-refractivity contribution in [3.8, 4) is 45.5 Å². The molecule has 5 nitrogen and oxygen atoms in total. The van der Waals surface area contributed by atoms with Gasteiger partial charge in [0.15, 0.2) is 17.5 Å². The quantitative estimate of drug-likeness (QED) is 0.162. The van der Waals surface area contributed by atoms with Crippen LogP contribution in [0.15, 0.2) is 224 Å². The Balaban J connectivity index is 0.944. The Morgan fingerprint density at radius 3 is 1.35 bits per heavy atom. The lowest BCUT2D eigenvalue weighted by atomic mass is 9.93. The summed E-state index contributed by atoms with van der Waals surface area (Å²) in [7, 11) is 0. The van der Waals surface area contributed by atoms with E-state index in [2.05, 4.69) is 197 Å². The molecule has 0 fully saturated rings. The van der Waals surface area contributed by atoms with Crippen LogP contribution in [0.5, 0.6) is 0 Å². The maximum Gasteiger partial charge on any atom is 0.164 e. The fourth-order valence-electron chi connectivity index (χ4n) is 11.0. The van der Waals surface area contributed by atoms with Gasteiger partial charge in [0.05, 0.1) is 22.1 Å². The van der Waals surface area contributed by atoms with Gasteiger partial charge in [0, 0.05) is 69.8 Å². The number of para-hydroxylation sites is 2. The molecule has 0 radical (unpaired) electrons. The maximum atomic E-state index is 5.13. The molecule has 15 aromatic rings. The smallest absolute Gasteiger partial charge is 0.164 e. The number of thiophene rings is 1. The van der Waals surface area contributed by atoms with E-state index < -0.39 is 0 Å². The number of nitrogens with zero attached hydrogens (tertiary/aromatic N) is 5. The van der Waals surface area contributed by atoms with Gasteiger partial charge in [0.1, 0.15) is 0 Å². The molecule has 4 aromatic heterocycles. The summed E-state index contributed by atoms with van der Waals surface area (Å²) >= 11 is 1.87. The molecule has 0 saturated carbocycles. The van der Waals surface area contributed by atoms with Crippen LogP contribution in [0.25, 0.3) is 142 Å². The largest absolute Gasteiger partial charge is 0.309 e.